The van der Waals surface area contributed by atoms with E-state index < -0.39 is 12.0 Å². The van der Waals surface area contributed by atoms with E-state index in [0.717, 1.165) is 6.42 Å². The molecule has 1 fully saturated rings. The van der Waals surface area contributed by atoms with Crippen molar-refractivity contribution in [1.82, 2.24) is 4.90 Å². The zero-order chi connectivity index (χ0) is 11.4. The van der Waals surface area contributed by atoms with Crippen LogP contribution in [0.1, 0.15) is 26.2 Å². The monoisotopic (exact) mass is 231 g/mol. The van der Waals surface area contributed by atoms with Crippen molar-refractivity contribution in [3.63, 3.8) is 0 Å². The van der Waals surface area contributed by atoms with Gasteiger partial charge in [0.1, 0.15) is 6.04 Å². The van der Waals surface area contributed by atoms with Gasteiger partial charge in [-0.1, -0.05) is 6.92 Å². The van der Waals surface area contributed by atoms with Crippen molar-refractivity contribution >= 4 is 24.5 Å². The van der Waals surface area contributed by atoms with Gasteiger partial charge >= 0.3 is 5.97 Å². The molecular formula is C10H17NO3S. The fourth-order valence-corrected chi connectivity index (χ4v) is 2.32. The summed E-state index contributed by atoms with van der Waals surface area (Å²) in [5.74, 6) is -0.612. The van der Waals surface area contributed by atoms with E-state index in [1.54, 1.807) is 0 Å². The third-order valence-electron chi connectivity index (χ3n) is 2.88. The number of likely N-dealkylation sites (tertiary alicyclic amines) is 1. The number of nitrogens with zero attached hydrogens (tertiary/aromatic N) is 1. The number of hydrogen-bond donors (Lipinski definition) is 2. The normalized spacial score (nSPS) is 22.8. The molecule has 1 aliphatic rings. The molecule has 0 radical (unpaired) electrons. The Bertz CT molecular complexity index is 253. The van der Waals surface area contributed by atoms with Gasteiger partial charge in [0, 0.05) is 18.2 Å². The first-order valence-electron chi connectivity index (χ1n) is 5.26. The summed E-state index contributed by atoms with van der Waals surface area (Å²) in [6, 6.07) is -0.619. The van der Waals surface area contributed by atoms with E-state index in [1.807, 2.05) is 6.92 Å². The molecule has 1 aliphatic heterocycles. The zero-order valence-corrected chi connectivity index (χ0v) is 9.74. The highest BCUT2D eigenvalue weighted by Crippen LogP contribution is 2.21. The highest BCUT2D eigenvalue weighted by atomic mass is 32.1. The number of aliphatic carboxylic acids is 1. The molecule has 0 aliphatic carbocycles. The van der Waals surface area contributed by atoms with Gasteiger partial charge in [-0.2, -0.15) is 12.6 Å². The molecule has 1 saturated heterocycles. The van der Waals surface area contributed by atoms with E-state index in [9.17, 15) is 9.59 Å². The van der Waals surface area contributed by atoms with E-state index in [2.05, 4.69) is 12.6 Å². The Balaban J connectivity index is 2.69. The third-order valence-corrected chi connectivity index (χ3v) is 3.32. The predicted molar refractivity (Wildman–Crippen MR) is 60.0 cm³/mol. The fraction of sp³-hybridized carbons (Fsp3) is 0.800. The zero-order valence-electron chi connectivity index (χ0n) is 8.85. The number of carboxylic acids is 1. The average molecular weight is 231 g/mol. The van der Waals surface area contributed by atoms with Crippen LogP contribution in [0.4, 0.5) is 0 Å². The SMILES string of the molecule is CC[C@H](CS)C(=O)N1CCC[C@H]1C(=O)O. The smallest absolute Gasteiger partial charge is 0.326 e. The average Bonchev–Trinajstić information content (AvgIpc) is 2.67. The summed E-state index contributed by atoms with van der Waals surface area (Å²) in [5, 5.41) is 8.95. The van der Waals surface area contributed by atoms with Crippen molar-refractivity contribution in [3.05, 3.63) is 0 Å². The lowest BCUT2D eigenvalue weighted by molar-refractivity contribution is -0.149. The highest BCUT2D eigenvalue weighted by molar-refractivity contribution is 7.80. The molecule has 0 saturated carbocycles. The first kappa shape index (κ1) is 12.4. The van der Waals surface area contributed by atoms with E-state index in [4.69, 9.17) is 5.11 Å². The molecule has 1 amide bonds. The van der Waals surface area contributed by atoms with E-state index >= 15 is 0 Å². The second kappa shape index (κ2) is 5.39. The molecular weight excluding hydrogens is 214 g/mol. The van der Waals surface area contributed by atoms with Crippen LogP contribution in [0.2, 0.25) is 0 Å². The number of carboxylic acid groups (broad SMARTS) is 1. The van der Waals surface area contributed by atoms with Crippen LogP contribution >= 0.6 is 12.6 Å². The number of hydrogen-bond acceptors (Lipinski definition) is 3. The minimum Gasteiger partial charge on any atom is -0.480 e. The van der Waals surface area contributed by atoms with Gasteiger partial charge in [0.05, 0.1) is 0 Å². The Labute approximate surface area is 95.1 Å². The van der Waals surface area contributed by atoms with Gasteiger partial charge < -0.3 is 10.0 Å². The van der Waals surface area contributed by atoms with Crippen LogP contribution in [0.3, 0.4) is 0 Å². The first-order valence-corrected chi connectivity index (χ1v) is 5.89. The summed E-state index contributed by atoms with van der Waals surface area (Å²) in [6.45, 7) is 2.49. The molecule has 0 aromatic rings. The van der Waals surface area contributed by atoms with Crippen LogP contribution in [0.15, 0.2) is 0 Å². The van der Waals surface area contributed by atoms with E-state index in [-0.39, 0.29) is 11.8 Å². The summed E-state index contributed by atoms with van der Waals surface area (Å²) < 4.78 is 0. The van der Waals surface area contributed by atoms with Crippen molar-refractivity contribution < 1.29 is 14.7 Å². The maximum Gasteiger partial charge on any atom is 0.326 e. The van der Waals surface area contributed by atoms with Crippen molar-refractivity contribution in [2.75, 3.05) is 12.3 Å². The van der Waals surface area contributed by atoms with Gasteiger partial charge in [0.25, 0.3) is 0 Å². The summed E-state index contributed by atoms with van der Waals surface area (Å²) in [4.78, 5) is 24.3. The molecule has 5 heteroatoms. The third kappa shape index (κ3) is 2.65. The second-order valence-electron chi connectivity index (χ2n) is 3.82. The number of rotatable bonds is 4. The molecule has 1 N–H and O–H groups in total. The minimum absolute atomic E-state index is 0.0580. The lowest BCUT2D eigenvalue weighted by atomic mass is 10.1. The first-order chi connectivity index (χ1) is 7.11. The van der Waals surface area contributed by atoms with Crippen molar-refractivity contribution in [2.24, 2.45) is 5.92 Å². The molecule has 15 heavy (non-hydrogen) atoms. The standard InChI is InChI=1S/C10H17NO3S/c1-2-7(6-15)9(12)11-5-3-4-8(11)10(13)14/h7-8,15H,2-6H2,1H3,(H,13,14)/t7-,8+/m1/s1. The van der Waals surface area contributed by atoms with Gasteiger partial charge in [-0.3, -0.25) is 4.79 Å². The Morgan fingerprint density at radius 1 is 1.60 bits per heavy atom. The van der Waals surface area contributed by atoms with E-state index in [0.29, 0.717) is 25.1 Å². The number of thiol groups is 1. The maximum absolute atomic E-state index is 11.9. The predicted octanol–water partition coefficient (Wildman–Crippen LogP) is 1.02. The molecule has 86 valence electrons. The van der Waals surface area contributed by atoms with E-state index in [1.165, 1.54) is 4.90 Å². The molecule has 0 bridgehead atoms. The van der Waals surface area contributed by atoms with Crippen LogP contribution in [0.25, 0.3) is 0 Å². The second-order valence-corrected chi connectivity index (χ2v) is 4.18. The van der Waals surface area contributed by atoms with Gasteiger partial charge in [-0.25, -0.2) is 4.79 Å². The Hall–Kier alpha value is -0.710. The molecule has 4 nitrogen and oxygen atoms in total. The summed E-state index contributed by atoms with van der Waals surface area (Å²) >= 11 is 4.11. The summed E-state index contributed by atoms with van der Waals surface area (Å²) in [7, 11) is 0. The Kier molecular flexibility index (Phi) is 4.45. The van der Waals surface area contributed by atoms with Crippen molar-refractivity contribution in [2.45, 2.75) is 32.2 Å². The van der Waals surface area contributed by atoms with Gasteiger partial charge in [0.2, 0.25) is 5.91 Å². The number of carbonyl (C=O) groups excluding carboxylic acids is 1. The lowest BCUT2D eigenvalue weighted by Gasteiger charge is -2.25. The number of carbonyl (C=O) groups is 2. The van der Waals surface area contributed by atoms with Crippen molar-refractivity contribution in [3.8, 4) is 0 Å². The van der Waals surface area contributed by atoms with Crippen LogP contribution < -0.4 is 0 Å². The Morgan fingerprint density at radius 2 is 2.27 bits per heavy atom. The van der Waals surface area contributed by atoms with Crippen LogP contribution in [0.5, 0.6) is 0 Å². The Morgan fingerprint density at radius 3 is 2.73 bits per heavy atom. The molecule has 1 heterocycles. The largest absolute Gasteiger partial charge is 0.480 e. The molecule has 0 unspecified atom stereocenters. The summed E-state index contributed by atoms with van der Waals surface area (Å²) in [6.07, 6.45) is 2.07. The molecule has 1 rings (SSSR count). The van der Waals surface area contributed by atoms with Gasteiger partial charge in [-0.05, 0) is 19.3 Å². The van der Waals surface area contributed by atoms with Gasteiger partial charge in [-0.15, -0.1) is 0 Å². The fourth-order valence-electron chi connectivity index (χ4n) is 1.90. The molecule has 0 spiro atoms. The molecule has 2 atom stereocenters. The van der Waals surface area contributed by atoms with Crippen LogP contribution in [-0.4, -0.2) is 40.2 Å². The van der Waals surface area contributed by atoms with Crippen LogP contribution in [0, 0.1) is 5.92 Å². The maximum atomic E-state index is 11.9. The highest BCUT2D eigenvalue weighted by Gasteiger charge is 2.35. The number of amides is 1. The lowest BCUT2D eigenvalue weighted by Crippen LogP contribution is -2.43. The van der Waals surface area contributed by atoms with Gasteiger partial charge in [0.15, 0.2) is 0 Å². The molecule has 0 aromatic heterocycles. The minimum atomic E-state index is -0.894. The topological polar surface area (TPSA) is 57.6 Å². The van der Waals surface area contributed by atoms with Crippen molar-refractivity contribution in [1.29, 1.82) is 0 Å². The van der Waals surface area contributed by atoms with Crippen LogP contribution in [-0.2, 0) is 9.59 Å². The quantitative estimate of drug-likeness (QED) is 0.710. The molecule has 0 aromatic carbocycles. The summed E-state index contributed by atoms with van der Waals surface area (Å²) in [5.41, 5.74) is 0.